The molecule has 5 nitrogen and oxygen atoms in total. The van der Waals surface area contributed by atoms with Crippen LogP contribution in [-0.4, -0.2) is 53.1 Å². The number of carbonyl (C=O) groups excluding carboxylic acids is 1. The van der Waals surface area contributed by atoms with Crippen LogP contribution in [0.25, 0.3) is 0 Å². The monoisotopic (exact) mass is 715 g/mol. The van der Waals surface area contributed by atoms with Crippen LogP contribution in [0.4, 0.5) is 0 Å². The van der Waals surface area contributed by atoms with E-state index in [9.17, 15) is 4.79 Å². The molecule has 0 aromatic carbocycles. The zero-order chi connectivity index (χ0) is 37.6. The van der Waals surface area contributed by atoms with Crippen molar-refractivity contribution in [1.82, 2.24) is 0 Å². The standard InChI is InChI=1S/C42H74O5Si2/c1-29-32(26-33(46-48(15,16)39(6,7)8)27-36(29)47-49(17,18)40(9,10)11)22-21-31-20-19-25-42(14)34(23-24-35(31)42)30(2)44-28-37(43)45-41(12,13)38(3,4)5/h21-23,30,33,35-36H,1,19-20,24-28H2,2-18H3/b31-21+,32-22-/t30?,33-,35+,36+,42-/m1/s1. The van der Waals surface area contributed by atoms with Crippen molar-refractivity contribution >= 4 is 22.6 Å². The van der Waals surface area contributed by atoms with Crippen LogP contribution in [0.2, 0.25) is 36.3 Å². The van der Waals surface area contributed by atoms with Crippen LogP contribution in [0.15, 0.2) is 47.1 Å². The van der Waals surface area contributed by atoms with Gasteiger partial charge in [-0.2, -0.15) is 0 Å². The first-order valence-electron chi connectivity index (χ1n) is 19.0. The van der Waals surface area contributed by atoms with Gasteiger partial charge >= 0.3 is 5.97 Å². The number of carbonyl (C=O) groups is 1. The second kappa shape index (κ2) is 14.6. The number of hydrogen-bond donors (Lipinski definition) is 0. The molecule has 0 spiro atoms. The van der Waals surface area contributed by atoms with Gasteiger partial charge in [0.05, 0.1) is 18.3 Å². The van der Waals surface area contributed by atoms with Crippen molar-refractivity contribution in [3.8, 4) is 0 Å². The van der Waals surface area contributed by atoms with Gasteiger partial charge in [-0.1, -0.05) is 99.6 Å². The summed E-state index contributed by atoms with van der Waals surface area (Å²) in [5, 5.41) is 0.267. The molecule has 0 aliphatic heterocycles. The van der Waals surface area contributed by atoms with Gasteiger partial charge in [0.1, 0.15) is 12.2 Å². The zero-order valence-corrected chi connectivity index (χ0v) is 36.7. The Morgan fingerprint density at radius 2 is 1.53 bits per heavy atom. The van der Waals surface area contributed by atoms with Crippen LogP contribution >= 0.6 is 0 Å². The Labute approximate surface area is 304 Å². The Hall–Kier alpha value is -1.26. The highest BCUT2D eigenvalue weighted by Crippen LogP contribution is 2.56. The Balaban J connectivity index is 1.82. The molecule has 280 valence electrons. The summed E-state index contributed by atoms with van der Waals surface area (Å²) >= 11 is 0. The molecule has 5 atom stereocenters. The molecule has 2 saturated carbocycles. The summed E-state index contributed by atoms with van der Waals surface area (Å²) in [6, 6.07) is 0. The van der Waals surface area contributed by atoms with Gasteiger partial charge in [-0.3, -0.25) is 0 Å². The maximum absolute atomic E-state index is 12.8. The minimum atomic E-state index is -2.02. The van der Waals surface area contributed by atoms with Crippen molar-refractivity contribution in [2.24, 2.45) is 16.7 Å². The predicted molar refractivity (Wildman–Crippen MR) is 212 cm³/mol. The van der Waals surface area contributed by atoms with Crippen LogP contribution in [-0.2, 0) is 23.1 Å². The average Bonchev–Trinajstić information content (AvgIpc) is 3.27. The molecule has 1 unspecified atom stereocenters. The highest BCUT2D eigenvalue weighted by atomic mass is 28.4. The van der Waals surface area contributed by atoms with Gasteiger partial charge in [-0.05, 0) is 117 Å². The summed E-state index contributed by atoms with van der Waals surface area (Å²) in [5.74, 6) is 0.128. The molecular formula is C42H74O5Si2. The fraction of sp³-hybridized carbons (Fsp3) is 0.786. The third kappa shape index (κ3) is 9.60. The Kier molecular flexibility index (Phi) is 12.6. The Bertz CT molecular complexity index is 1310. The summed E-state index contributed by atoms with van der Waals surface area (Å²) < 4.78 is 26.2. The van der Waals surface area contributed by atoms with Crippen LogP contribution in [0.3, 0.4) is 0 Å². The summed E-state index contributed by atoms with van der Waals surface area (Å²) in [5.41, 5.74) is 4.52. The topological polar surface area (TPSA) is 54.0 Å². The third-order valence-electron chi connectivity index (χ3n) is 13.4. The van der Waals surface area contributed by atoms with E-state index in [4.69, 9.17) is 18.3 Å². The largest absolute Gasteiger partial charge is 0.457 e. The second-order valence-electron chi connectivity index (χ2n) is 20.2. The molecule has 3 rings (SSSR count). The molecule has 0 bridgehead atoms. The zero-order valence-electron chi connectivity index (χ0n) is 34.7. The summed E-state index contributed by atoms with van der Waals surface area (Å²) in [6.07, 6.45) is 13.3. The van der Waals surface area contributed by atoms with E-state index in [1.54, 1.807) is 0 Å². The van der Waals surface area contributed by atoms with E-state index >= 15 is 0 Å². The number of allylic oxidation sites excluding steroid dienone is 4. The highest BCUT2D eigenvalue weighted by Gasteiger charge is 2.48. The molecule has 0 heterocycles. The smallest absolute Gasteiger partial charge is 0.332 e. The van der Waals surface area contributed by atoms with Crippen LogP contribution in [0.5, 0.6) is 0 Å². The van der Waals surface area contributed by atoms with Crippen molar-refractivity contribution < 1.29 is 23.1 Å². The normalized spacial score (nSPS) is 28.5. The number of ether oxygens (including phenoxy) is 2. The highest BCUT2D eigenvalue weighted by molar-refractivity contribution is 6.74. The van der Waals surface area contributed by atoms with E-state index in [0.717, 1.165) is 44.1 Å². The van der Waals surface area contributed by atoms with E-state index in [0.29, 0.717) is 5.92 Å². The lowest BCUT2D eigenvalue weighted by Crippen LogP contribution is -2.49. The minimum absolute atomic E-state index is 0.0160. The van der Waals surface area contributed by atoms with Crippen LogP contribution in [0.1, 0.15) is 129 Å². The number of fused-ring (bicyclic) bond motifs is 1. The van der Waals surface area contributed by atoms with E-state index < -0.39 is 22.2 Å². The van der Waals surface area contributed by atoms with Crippen molar-refractivity contribution in [1.29, 1.82) is 0 Å². The predicted octanol–water partition coefficient (Wildman–Crippen LogP) is 11.9. The van der Waals surface area contributed by atoms with Gasteiger partial charge in [-0.15, -0.1) is 0 Å². The number of esters is 1. The summed E-state index contributed by atoms with van der Waals surface area (Å²) in [6.45, 7) is 42.6. The van der Waals surface area contributed by atoms with Gasteiger partial charge in [-0.25, -0.2) is 4.79 Å². The van der Waals surface area contributed by atoms with Gasteiger partial charge in [0.15, 0.2) is 16.6 Å². The van der Waals surface area contributed by atoms with Gasteiger partial charge in [0, 0.05) is 11.8 Å². The number of hydrogen-bond acceptors (Lipinski definition) is 5. The quantitative estimate of drug-likeness (QED) is 0.128. The van der Waals surface area contributed by atoms with Crippen LogP contribution in [0, 0.1) is 16.7 Å². The lowest BCUT2D eigenvalue weighted by Gasteiger charge is -2.45. The molecule has 7 heteroatoms. The molecule has 0 radical (unpaired) electrons. The first-order chi connectivity index (χ1) is 22.0. The SMILES string of the molecule is C=C1/C(=C\C=C2/CCC[C@]3(C)C(C(C)OCC(=O)OC(C)(C)C(C)(C)C)=CC[C@@H]23)C[C@@H](O[Si](C)(C)C(C)(C)C)C[C@@H]1O[Si](C)(C)C(C)(C)C. The van der Waals surface area contributed by atoms with E-state index in [-0.39, 0.29) is 51.8 Å². The van der Waals surface area contributed by atoms with Crippen molar-refractivity contribution in [2.45, 2.75) is 189 Å². The van der Waals surface area contributed by atoms with E-state index in [1.807, 2.05) is 13.8 Å². The molecule has 0 aromatic heterocycles. The van der Waals surface area contributed by atoms with Gasteiger partial charge in [0.2, 0.25) is 0 Å². The van der Waals surface area contributed by atoms with E-state index in [2.05, 4.69) is 127 Å². The minimum Gasteiger partial charge on any atom is -0.457 e. The summed E-state index contributed by atoms with van der Waals surface area (Å²) in [7, 11) is -3.99. The molecular weight excluding hydrogens is 641 g/mol. The fourth-order valence-corrected chi connectivity index (χ4v) is 9.67. The maximum Gasteiger partial charge on any atom is 0.332 e. The Morgan fingerprint density at radius 1 is 0.959 bits per heavy atom. The first kappa shape index (κ1) is 42.2. The van der Waals surface area contributed by atoms with Crippen molar-refractivity contribution in [3.63, 3.8) is 0 Å². The first-order valence-corrected chi connectivity index (χ1v) is 24.8. The van der Waals surface area contributed by atoms with Crippen molar-refractivity contribution in [2.75, 3.05) is 6.61 Å². The van der Waals surface area contributed by atoms with E-state index in [1.165, 1.54) is 16.7 Å². The van der Waals surface area contributed by atoms with Gasteiger partial charge < -0.3 is 18.3 Å². The van der Waals surface area contributed by atoms with Crippen LogP contribution < -0.4 is 0 Å². The fourth-order valence-electron chi connectivity index (χ4n) is 7.00. The maximum atomic E-state index is 12.8. The lowest BCUT2D eigenvalue weighted by atomic mass is 9.63. The molecule has 2 fully saturated rings. The second-order valence-corrected chi connectivity index (χ2v) is 29.7. The Morgan fingerprint density at radius 3 is 2.08 bits per heavy atom. The molecule has 0 aromatic rings. The molecule has 49 heavy (non-hydrogen) atoms. The molecule has 0 N–H and O–H groups in total. The summed E-state index contributed by atoms with van der Waals surface area (Å²) in [4.78, 5) is 12.8. The lowest BCUT2D eigenvalue weighted by molar-refractivity contribution is -0.173. The van der Waals surface area contributed by atoms with Gasteiger partial charge in [0.25, 0.3) is 0 Å². The van der Waals surface area contributed by atoms with Crippen molar-refractivity contribution in [3.05, 3.63) is 47.1 Å². The molecule has 3 aliphatic carbocycles. The third-order valence-corrected chi connectivity index (χ3v) is 22.4. The molecule has 0 saturated heterocycles. The average molecular weight is 715 g/mol. The molecule has 0 amide bonds. The number of rotatable bonds is 10. The molecule has 3 aliphatic rings.